The second kappa shape index (κ2) is 14.9. The molecule has 9 N–H and O–H groups in total. The maximum Gasteiger partial charge on any atom is 0.350 e. The van der Waals surface area contributed by atoms with Crippen LogP contribution in [-0.2, 0) is 33.6 Å². The molecular weight excluding hydrogens is 782 g/mol. The van der Waals surface area contributed by atoms with Gasteiger partial charge in [-0.2, -0.15) is 0 Å². The molecule has 0 saturated carbocycles. The van der Waals surface area contributed by atoms with E-state index in [2.05, 4.69) is 26.2 Å². The minimum Gasteiger partial charge on any atom is -0.504 e. The number of carboxylic acids is 2. The number of urea groups is 1. The molecule has 0 radical (unpaired) electrons. The quantitative estimate of drug-likeness (QED) is 0.0275. The van der Waals surface area contributed by atoms with E-state index in [1.807, 2.05) is 0 Å². The Balaban J connectivity index is 1.19. The van der Waals surface area contributed by atoms with E-state index in [1.165, 1.54) is 19.2 Å². The highest BCUT2D eigenvalue weighted by atomic mass is 35.5. The monoisotopic (exact) mass is 811 g/mol. The Hall–Kier alpha value is -5.88. The van der Waals surface area contributed by atoms with Gasteiger partial charge >= 0.3 is 18.0 Å². The van der Waals surface area contributed by atoms with Crippen molar-refractivity contribution in [2.24, 2.45) is 5.16 Å². The summed E-state index contributed by atoms with van der Waals surface area (Å²) in [5, 5.41) is 47.9. The molecule has 2 unspecified atom stereocenters. The van der Waals surface area contributed by atoms with Gasteiger partial charge in [0.25, 0.3) is 17.6 Å². The number of ketones is 1. The van der Waals surface area contributed by atoms with Crippen LogP contribution in [0, 0.1) is 0 Å². The Labute approximate surface area is 316 Å². The molecule has 3 saturated heterocycles. The summed E-state index contributed by atoms with van der Waals surface area (Å²) in [6.45, 7) is 1.14. The summed E-state index contributed by atoms with van der Waals surface area (Å²) in [6.07, 6.45) is -0.431. The van der Waals surface area contributed by atoms with E-state index in [4.69, 9.17) is 22.2 Å². The number of nitrogens with one attached hydrogen (secondary N) is 3. The number of hydrogen-bond acceptors (Lipinski definition) is 16. The van der Waals surface area contributed by atoms with Gasteiger partial charge in [-0.15, -0.1) is 11.3 Å². The number of amides is 6. The third kappa shape index (κ3) is 7.34. The Morgan fingerprint density at radius 1 is 1.13 bits per heavy atom. The predicted molar refractivity (Wildman–Crippen MR) is 185 cm³/mol. The Kier molecular flexibility index (Phi) is 10.8. The molecule has 6 amide bonds. The number of fused-ring (bicyclic) bond motifs is 1. The number of thioether (sulfide) groups is 1. The second-order valence-electron chi connectivity index (χ2n) is 12.2. The van der Waals surface area contributed by atoms with Gasteiger partial charge in [0, 0.05) is 24.9 Å². The average molecular weight is 812 g/mol. The molecule has 3 aliphatic heterocycles. The Bertz CT molecular complexity index is 2010. The topological polar surface area (TPSA) is 324 Å². The van der Waals surface area contributed by atoms with Crippen LogP contribution in [0.4, 0.5) is 9.93 Å². The number of aromatic nitrogens is 1. The normalized spacial score (nSPS) is 20.9. The highest BCUT2D eigenvalue weighted by Crippen LogP contribution is 2.49. The Morgan fingerprint density at radius 3 is 2.46 bits per heavy atom. The number of rotatable bonds is 14. The lowest BCUT2D eigenvalue weighted by Gasteiger charge is -2.41. The van der Waals surface area contributed by atoms with Gasteiger partial charge in [0.05, 0.1) is 23.7 Å². The predicted octanol–water partition coefficient (Wildman–Crippen LogP) is -1.29. The molecule has 3 aliphatic rings. The van der Waals surface area contributed by atoms with Crippen molar-refractivity contribution in [1.29, 1.82) is 0 Å². The van der Waals surface area contributed by atoms with E-state index in [1.54, 1.807) is 0 Å². The first kappa shape index (κ1) is 39.3. The van der Waals surface area contributed by atoms with Gasteiger partial charge in [-0.3, -0.25) is 34.3 Å². The van der Waals surface area contributed by atoms with Crippen LogP contribution < -0.4 is 21.8 Å². The van der Waals surface area contributed by atoms with Crippen LogP contribution in [0.5, 0.6) is 11.5 Å². The standard InChI is InChI=1S/C29H30ClN9O13S2/c1-28(2,24(47)48)52-36-16(12-9-53-26(31)33-12)20(44)34-17-22(46)37-10-29(25(49)50,54-23(17)37)38-7-8-39(27(38)51)35-14(41)5-6-32-21(45)18(42)11-3-4-13(40)19(43)15(11)30/h3-4,9,17,23,40,43H,5-8,10H2,1-2H3,(H2,31,33)(H,32,45)(H,34,44)(H,35,41)(H,47,48)(H,49,50)/b36-16-/t17?,23-,29?/m1/s1. The molecule has 25 heteroatoms. The zero-order valence-corrected chi connectivity index (χ0v) is 30.3. The van der Waals surface area contributed by atoms with E-state index in [9.17, 15) is 58.8 Å². The number of nitrogen functional groups attached to an aromatic ring is 1. The number of aromatic hydroxyl groups is 2. The fraction of sp³-hybridized carbons (Fsp3) is 0.379. The summed E-state index contributed by atoms with van der Waals surface area (Å²) in [6, 6.07) is -0.252. The van der Waals surface area contributed by atoms with Crippen molar-refractivity contribution >= 4 is 92.9 Å². The number of halogens is 1. The van der Waals surface area contributed by atoms with Crippen molar-refractivity contribution in [3.05, 3.63) is 33.8 Å². The number of phenolic OH excluding ortho intramolecular Hbond substituents is 2. The number of thiazole rings is 1. The number of phenols is 2. The lowest BCUT2D eigenvalue weighted by molar-refractivity contribution is -0.161. The molecule has 0 bridgehead atoms. The highest BCUT2D eigenvalue weighted by molar-refractivity contribution is 8.02. The number of carbonyl (C=O) groups is 8. The molecule has 2 aromatic rings. The number of carbonyl (C=O) groups excluding carboxylic acids is 6. The molecule has 0 spiro atoms. The van der Waals surface area contributed by atoms with E-state index in [0.717, 1.165) is 38.3 Å². The number of anilines is 1. The highest BCUT2D eigenvalue weighted by Gasteiger charge is 2.66. The van der Waals surface area contributed by atoms with Crippen molar-refractivity contribution < 1.29 is 63.6 Å². The number of benzene rings is 1. The molecule has 3 atom stereocenters. The summed E-state index contributed by atoms with van der Waals surface area (Å²) >= 11 is 7.47. The van der Waals surface area contributed by atoms with Gasteiger partial charge in [0.1, 0.15) is 17.1 Å². The van der Waals surface area contributed by atoms with E-state index >= 15 is 0 Å². The molecule has 3 fully saturated rings. The van der Waals surface area contributed by atoms with Crippen molar-refractivity contribution in [3.63, 3.8) is 0 Å². The second-order valence-corrected chi connectivity index (χ2v) is 14.8. The largest absolute Gasteiger partial charge is 0.504 e. The summed E-state index contributed by atoms with van der Waals surface area (Å²) < 4.78 is 0. The van der Waals surface area contributed by atoms with E-state index < -0.39 is 110 Å². The van der Waals surface area contributed by atoms with Crippen LogP contribution in [0.3, 0.4) is 0 Å². The summed E-state index contributed by atoms with van der Waals surface area (Å²) in [5.74, 6) is -9.12. The van der Waals surface area contributed by atoms with Crippen LogP contribution >= 0.6 is 34.7 Å². The lowest BCUT2D eigenvalue weighted by atomic mass is 10.1. The summed E-state index contributed by atoms with van der Waals surface area (Å²) in [5.41, 5.74) is 5.13. The van der Waals surface area contributed by atoms with Gasteiger partial charge in [-0.25, -0.2) is 24.4 Å². The number of oxime groups is 1. The first-order valence-electron chi connectivity index (χ1n) is 15.4. The average Bonchev–Trinajstić information content (AvgIpc) is 3.81. The number of nitrogens with zero attached hydrogens (tertiary/aromatic N) is 5. The minimum atomic E-state index is -2.04. The smallest absolute Gasteiger partial charge is 0.350 e. The van der Waals surface area contributed by atoms with Crippen LogP contribution in [-0.4, -0.2) is 141 Å². The fourth-order valence-electron chi connectivity index (χ4n) is 5.22. The van der Waals surface area contributed by atoms with Gasteiger partial charge < -0.3 is 46.5 Å². The number of hydrazine groups is 1. The van der Waals surface area contributed by atoms with E-state index in [-0.39, 0.29) is 30.5 Å². The van der Waals surface area contributed by atoms with Crippen molar-refractivity contribution in [3.8, 4) is 11.5 Å². The third-order valence-electron chi connectivity index (χ3n) is 8.21. The summed E-state index contributed by atoms with van der Waals surface area (Å²) in [4.78, 5) is 111. The van der Waals surface area contributed by atoms with Gasteiger partial charge in [0.15, 0.2) is 22.3 Å². The minimum absolute atomic E-state index is 0.0468. The zero-order valence-electron chi connectivity index (χ0n) is 27.9. The molecule has 54 heavy (non-hydrogen) atoms. The molecular formula is C29H30ClN9O13S2. The van der Waals surface area contributed by atoms with Crippen LogP contribution in [0.15, 0.2) is 22.7 Å². The van der Waals surface area contributed by atoms with E-state index in [0.29, 0.717) is 11.8 Å². The van der Waals surface area contributed by atoms with Crippen LogP contribution in [0.25, 0.3) is 0 Å². The number of carboxylic acid groups (broad SMARTS) is 2. The van der Waals surface area contributed by atoms with Gasteiger partial charge in [0.2, 0.25) is 22.3 Å². The molecule has 4 heterocycles. The zero-order chi connectivity index (χ0) is 39.9. The van der Waals surface area contributed by atoms with Crippen LogP contribution in [0.2, 0.25) is 5.02 Å². The van der Waals surface area contributed by atoms with Crippen LogP contribution in [0.1, 0.15) is 36.3 Å². The molecule has 1 aromatic carbocycles. The summed E-state index contributed by atoms with van der Waals surface area (Å²) in [7, 11) is 0. The first-order valence-corrected chi connectivity index (χ1v) is 17.6. The first-order chi connectivity index (χ1) is 25.3. The number of aliphatic carboxylic acids is 2. The fourth-order valence-corrected chi connectivity index (χ4v) is 7.65. The lowest BCUT2D eigenvalue weighted by Crippen LogP contribution is -2.68. The number of hydrogen-bond donors (Lipinski definition) is 8. The third-order valence-corrected chi connectivity index (χ3v) is 10.9. The molecule has 5 rings (SSSR count). The van der Waals surface area contributed by atoms with Crippen molar-refractivity contribution in [2.45, 2.75) is 42.2 Å². The van der Waals surface area contributed by atoms with Gasteiger partial charge in [-0.1, -0.05) is 28.5 Å². The number of nitrogens with two attached hydrogens (primary N) is 1. The Morgan fingerprint density at radius 2 is 1.83 bits per heavy atom. The molecule has 1 aromatic heterocycles. The van der Waals surface area contributed by atoms with Gasteiger partial charge in [-0.05, 0) is 26.0 Å². The molecule has 0 aliphatic carbocycles. The maximum atomic E-state index is 13.4. The van der Waals surface area contributed by atoms with Crippen molar-refractivity contribution in [1.82, 2.24) is 35.9 Å². The SMILES string of the molecule is CC(C)(O/N=C(\C(=O)NC1C(=O)N2CC(C(=O)O)(N3CCN(NC(=O)CCNC(=O)C(=O)c4ccc(O)c(O)c4Cl)C3=O)S[C@H]12)c1csc(N)n1)C(=O)O. The molecule has 288 valence electrons. The van der Waals surface area contributed by atoms with Crippen molar-refractivity contribution in [2.75, 3.05) is 31.9 Å². The number of Topliss-reactive ketones (excluding diaryl/α,β-unsaturated/α-hetero) is 1. The maximum absolute atomic E-state index is 13.4. The number of β-lactam (4-membered cyclic amide) rings is 1. The molecule has 22 nitrogen and oxygen atoms in total.